The number of carbonyl (C=O) groups is 1. The van der Waals surface area contributed by atoms with Crippen LogP contribution < -0.4 is 0 Å². The maximum atomic E-state index is 12.2. The van der Waals surface area contributed by atoms with Crippen molar-refractivity contribution in [2.24, 2.45) is 0 Å². The summed E-state index contributed by atoms with van der Waals surface area (Å²) in [5.41, 5.74) is 1.20. The second-order valence-corrected chi connectivity index (χ2v) is 5.73. The minimum Gasteiger partial charge on any atom is -0.465 e. The summed E-state index contributed by atoms with van der Waals surface area (Å²) in [4.78, 5) is 16.9. The van der Waals surface area contributed by atoms with E-state index in [1.165, 1.54) is 0 Å². The van der Waals surface area contributed by atoms with Crippen LogP contribution in [0.5, 0.6) is 0 Å². The van der Waals surface area contributed by atoms with E-state index in [1.807, 2.05) is 45.0 Å². The van der Waals surface area contributed by atoms with Crippen molar-refractivity contribution in [1.29, 1.82) is 0 Å². The Labute approximate surface area is 119 Å². The third kappa shape index (κ3) is 2.30. The number of hydrogen-bond acceptors (Lipinski definition) is 3. The lowest BCUT2D eigenvalue weighted by Crippen LogP contribution is -2.34. The molecule has 1 aromatic heterocycles. The molecule has 0 saturated carbocycles. The van der Waals surface area contributed by atoms with Gasteiger partial charge in [0.25, 0.3) is 0 Å². The lowest BCUT2D eigenvalue weighted by atomic mass is 9.92. The Hall–Kier alpha value is -1.84. The summed E-state index contributed by atoms with van der Waals surface area (Å²) in [5.74, 6) is 0.518. The molecular formula is C16H22N2O2. The highest BCUT2D eigenvalue weighted by atomic mass is 16.5. The van der Waals surface area contributed by atoms with Gasteiger partial charge in [-0.3, -0.25) is 4.79 Å². The predicted molar refractivity (Wildman–Crippen MR) is 79.8 cm³/mol. The maximum Gasteiger partial charge on any atom is 0.319 e. The first-order chi connectivity index (χ1) is 9.39. The van der Waals surface area contributed by atoms with E-state index in [4.69, 9.17) is 4.74 Å². The van der Waals surface area contributed by atoms with Gasteiger partial charge in [0.1, 0.15) is 11.2 Å². The molecule has 0 bridgehead atoms. The highest BCUT2D eigenvalue weighted by Gasteiger charge is 2.37. The average molecular weight is 274 g/mol. The quantitative estimate of drug-likeness (QED) is 0.802. The van der Waals surface area contributed by atoms with Crippen LogP contribution in [-0.4, -0.2) is 22.1 Å². The first kappa shape index (κ1) is 14.6. The third-order valence-electron chi connectivity index (χ3n) is 3.46. The minimum absolute atomic E-state index is 0.228. The van der Waals surface area contributed by atoms with Crippen LogP contribution in [0.3, 0.4) is 0 Å². The Bertz CT molecular complexity index is 626. The zero-order valence-corrected chi connectivity index (χ0v) is 12.8. The highest BCUT2D eigenvalue weighted by Crippen LogP contribution is 2.30. The number of fused-ring (bicyclic) bond motifs is 1. The van der Waals surface area contributed by atoms with Crippen LogP contribution in [0.1, 0.15) is 46.5 Å². The number of aromatic nitrogens is 2. The molecule has 1 aromatic carbocycles. The van der Waals surface area contributed by atoms with Crippen molar-refractivity contribution < 1.29 is 9.53 Å². The minimum atomic E-state index is -0.765. The van der Waals surface area contributed by atoms with Gasteiger partial charge in [0.05, 0.1) is 17.6 Å². The molecule has 0 unspecified atom stereocenters. The lowest BCUT2D eigenvalue weighted by Gasteiger charge is -2.24. The molecule has 0 aliphatic heterocycles. The number of rotatable bonds is 4. The topological polar surface area (TPSA) is 44.1 Å². The zero-order valence-electron chi connectivity index (χ0n) is 12.8. The molecule has 0 amide bonds. The van der Waals surface area contributed by atoms with Crippen LogP contribution in [0.4, 0.5) is 0 Å². The molecule has 0 aliphatic carbocycles. The second-order valence-electron chi connectivity index (χ2n) is 5.73. The highest BCUT2D eigenvalue weighted by molar-refractivity contribution is 5.84. The molecule has 0 N–H and O–H groups in total. The Morgan fingerprint density at radius 2 is 2.00 bits per heavy atom. The molecule has 0 atom stereocenters. The van der Waals surface area contributed by atoms with Crippen molar-refractivity contribution in [3.8, 4) is 0 Å². The summed E-state index contributed by atoms with van der Waals surface area (Å²) in [5, 5.41) is 0. The first-order valence-corrected chi connectivity index (χ1v) is 7.04. The molecule has 4 heteroatoms. The lowest BCUT2D eigenvalue weighted by molar-refractivity contribution is -0.149. The van der Waals surface area contributed by atoms with Gasteiger partial charge in [0.2, 0.25) is 0 Å². The van der Waals surface area contributed by atoms with Gasteiger partial charge in [-0.15, -0.1) is 0 Å². The summed E-state index contributed by atoms with van der Waals surface area (Å²) in [7, 11) is 0. The molecule has 2 rings (SSSR count). The van der Waals surface area contributed by atoms with Crippen molar-refractivity contribution in [1.82, 2.24) is 9.55 Å². The predicted octanol–water partition coefficient (Wildman–Crippen LogP) is 3.46. The van der Waals surface area contributed by atoms with Crippen molar-refractivity contribution in [3.05, 3.63) is 30.1 Å². The summed E-state index contributed by atoms with van der Waals surface area (Å²) >= 11 is 0. The molecule has 2 aromatic rings. The van der Waals surface area contributed by atoms with Crippen LogP contribution >= 0.6 is 0 Å². The summed E-state index contributed by atoms with van der Waals surface area (Å²) < 4.78 is 7.32. The van der Waals surface area contributed by atoms with E-state index in [-0.39, 0.29) is 12.0 Å². The molecule has 0 saturated heterocycles. The van der Waals surface area contributed by atoms with Crippen LogP contribution in [0.25, 0.3) is 11.0 Å². The monoisotopic (exact) mass is 274 g/mol. The second kappa shape index (κ2) is 5.27. The van der Waals surface area contributed by atoms with Gasteiger partial charge in [-0.25, -0.2) is 4.98 Å². The molecule has 0 spiro atoms. The van der Waals surface area contributed by atoms with E-state index in [2.05, 4.69) is 23.4 Å². The largest absolute Gasteiger partial charge is 0.465 e. The van der Waals surface area contributed by atoms with Crippen LogP contribution in [0, 0.1) is 0 Å². The number of benzene rings is 1. The van der Waals surface area contributed by atoms with Gasteiger partial charge < -0.3 is 9.30 Å². The van der Waals surface area contributed by atoms with Gasteiger partial charge in [0, 0.05) is 6.04 Å². The third-order valence-corrected chi connectivity index (χ3v) is 3.46. The smallest absolute Gasteiger partial charge is 0.319 e. The molecule has 0 aliphatic rings. The standard InChI is InChI=1S/C16H22N2O2/c1-6-20-15(19)16(4,5)14-17-12-9-7-8-10-13(12)18(14)11(2)3/h7-11H,6H2,1-5H3. The van der Waals surface area contributed by atoms with Gasteiger partial charge >= 0.3 is 5.97 Å². The Kier molecular flexibility index (Phi) is 3.84. The molecular weight excluding hydrogens is 252 g/mol. The van der Waals surface area contributed by atoms with Crippen molar-refractivity contribution in [3.63, 3.8) is 0 Å². The van der Waals surface area contributed by atoms with E-state index in [1.54, 1.807) is 0 Å². The fourth-order valence-corrected chi connectivity index (χ4v) is 2.41. The Morgan fingerprint density at radius 1 is 1.35 bits per heavy atom. The van der Waals surface area contributed by atoms with Crippen LogP contribution in [-0.2, 0) is 14.9 Å². The number of esters is 1. The number of para-hydroxylation sites is 2. The van der Waals surface area contributed by atoms with E-state index >= 15 is 0 Å². The number of imidazole rings is 1. The van der Waals surface area contributed by atoms with Gasteiger partial charge in [0.15, 0.2) is 0 Å². The average Bonchev–Trinajstić information content (AvgIpc) is 2.79. The summed E-state index contributed by atoms with van der Waals surface area (Å²) in [6.45, 7) is 10.1. The SMILES string of the molecule is CCOC(=O)C(C)(C)c1nc2ccccc2n1C(C)C. The van der Waals surface area contributed by atoms with E-state index in [0.29, 0.717) is 6.61 Å². The van der Waals surface area contributed by atoms with Crippen molar-refractivity contribution in [2.75, 3.05) is 6.61 Å². The van der Waals surface area contributed by atoms with E-state index in [9.17, 15) is 4.79 Å². The van der Waals surface area contributed by atoms with Gasteiger partial charge in [-0.2, -0.15) is 0 Å². The molecule has 108 valence electrons. The fourth-order valence-electron chi connectivity index (χ4n) is 2.41. The number of nitrogens with zero attached hydrogens (tertiary/aromatic N) is 2. The summed E-state index contributed by atoms with van der Waals surface area (Å²) in [6.07, 6.45) is 0. The molecule has 20 heavy (non-hydrogen) atoms. The van der Waals surface area contributed by atoms with Crippen molar-refractivity contribution in [2.45, 2.75) is 46.1 Å². The first-order valence-electron chi connectivity index (χ1n) is 7.04. The number of hydrogen-bond donors (Lipinski definition) is 0. The number of ether oxygens (including phenoxy) is 1. The van der Waals surface area contributed by atoms with Crippen LogP contribution in [0.2, 0.25) is 0 Å². The summed E-state index contributed by atoms with van der Waals surface area (Å²) in [6, 6.07) is 8.18. The van der Waals surface area contributed by atoms with Gasteiger partial charge in [-0.1, -0.05) is 12.1 Å². The normalized spacial score (nSPS) is 12.1. The van der Waals surface area contributed by atoms with E-state index < -0.39 is 5.41 Å². The zero-order chi connectivity index (χ0) is 14.9. The molecule has 1 heterocycles. The van der Waals surface area contributed by atoms with Crippen LogP contribution in [0.15, 0.2) is 24.3 Å². The Morgan fingerprint density at radius 3 is 2.60 bits per heavy atom. The molecule has 4 nitrogen and oxygen atoms in total. The number of carbonyl (C=O) groups excluding carboxylic acids is 1. The van der Waals surface area contributed by atoms with Gasteiger partial charge in [-0.05, 0) is 46.8 Å². The van der Waals surface area contributed by atoms with Crippen molar-refractivity contribution >= 4 is 17.0 Å². The maximum absolute atomic E-state index is 12.2. The van der Waals surface area contributed by atoms with E-state index in [0.717, 1.165) is 16.9 Å². The fraction of sp³-hybridized carbons (Fsp3) is 0.500. The molecule has 0 fully saturated rings. The molecule has 0 radical (unpaired) electrons. The Balaban J connectivity index is 2.64.